The van der Waals surface area contributed by atoms with Gasteiger partial charge in [0.25, 0.3) is 11.7 Å². The molecule has 1 fully saturated rings. The van der Waals surface area contributed by atoms with Crippen LogP contribution in [0.1, 0.15) is 49.9 Å². The highest BCUT2D eigenvalue weighted by atomic mass is 16.5. The van der Waals surface area contributed by atoms with E-state index < -0.39 is 17.7 Å². The zero-order valence-corrected chi connectivity index (χ0v) is 19.7. The molecule has 0 saturated carbocycles. The molecule has 1 aliphatic heterocycles. The minimum Gasteiger partial charge on any atom is -0.508 e. The Balaban J connectivity index is 2.19. The Morgan fingerprint density at radius 2 is 1.82 bits per heavy atom. The van der Waals surface area contributed by atoms with Crippen molar-refractivity contribution < 1.29 is 29.3 Å². The van der Waals surface area contributed by atoms with Gasteiger partial charge in [-0.3, -0.25) is 9.59 Å². The number of hydrogen-bond donors (Lipinski definition) is 2. The zero-order valence-electron chi connectivity index (χ0n) is 19.7. The van der Waals surface area contributed by atoms with Gasteiger partial charge in [-0.05, 0) is 47.7 Å². The molecule has 7 heteroatoms. The zero-order chi connectivity index (χ0) is 24.3. The molecule has 176 valence electrons. The second kappa shape index (κ2) is 9.67. The highest BCUT2D eigenvalue weighted by Crippen LogP contribution is 2.41. The first-order valence-electron chi connectivity index (χ1n) is 10.8. The van der Waals surface area contributed by atoms with Crippen molar-refractivity contribution in [2.24, 2.45) is 0 Å². The number of phenolic OH excluding ortho intramolecular Hbond substituents is 1. The van der Waals surface area contributed by atoms with Crippen molar-refractivity contribution in [2.75, 3.05) is 27.4 Å². The third-order valence-electron chi connectivity index (χ3n) is 5.75. The number of phenols is 1. The van der Waals surface area contributed by atoms with Crippen LogP contribution in [0, 0.1) is 0 Å². The highest BCUT2D eigenvalue weighted by molar-refractivity contribution is 6.46. The molecule has 0 aromatic heterocycles. The number of nitrogens with zero attached hydrogens (tertiary/aromatic N) is 1. The maximum atomic E-state index is 13.1. The van der Waals surface area contributed by atoms with E-state index >= 15 is 0 Å². The number of carbonyl (C=O) groups excluding carboxylic acids is 2. The Bertz CT molecular complexity index is 1080. The van der Waals surface area contributed by atoms with Gasteiger partial charge in [-0.1, -0.05) is 32.9 Å². The SMILES string of the molecule is COCCCN1C(=O)C(=O)/C(=C(\O)c2ccc(OC)c(C(C)(C)C)c2)C1c1cccc(O)c1. The van der Waals surface area contributed by atoms with Crippen molar-refractivity contribution in [3.05, 3.63) is 64.7 Å². The lowest BCUT2D eigenvalue weighted by molar-refractivity contribution is -0.140. The van der Waals surface area contributed by atoms with Crippen molar-refractivity contribution in [3.8, 4) is 11.5 Å². The fourth-order valence-corrected chi connectivity index (χ4v) is 4.13. The fraction of sp³-hybridized carbons (Fsp3) is 0.385. The quantitative estimate of drug-likeness (QED) is 0.283. The summed E-state index contributed by atoms with van der Waals surface area (Å²) in [5.41, 5.74) is 1.53. The number of Topliss-reactive ketones (excluding diaryl/α,β-unsaturated/α-hetero) is 1. The van der Waals surface area contributed by atoms with E-state index in [9.17, 15) is 19.8 Å². The average molecular weight is 454 g/mol. The van der Waals surface area contributed by atoms with E-state index in [0.717, 1.165) is 5.56 Å². The lowest BCUT2D eigenvalue weighted by Gasteiger charge is -2.26. The monoisotopic (exact) mass is 453 g/mol. The van der Waals surface area contributed by atoms with E-state index in [0.29, 0.717) is 29.9 Å². The second-order valence-electron chi connectivity index (χ2n) is 9.10. The molecule has 0 bridgehead atoms. The summed E-state index contributed by atoms with van der Waals surface area (Å²) < 4.78 is 10.6. The molecule has 0 aliphatic carbocycles. The number of rotatable bonds is 7. The Morgan fingerprint density at radius 1 is 1.09 bits per heavy atom. The maximum Gasteiger partial charge on any atom is 0.295 e. The molecule has 2 aromatic rings. The smallest absolute Gasteiger partial charge is 0.295 e. The number of aromatic hydroxyl groups is 1. The summed E-state index contributed by atoms with van der Waals surface area (Å²) in [6, 6.07) is 10.8. The van der Waals surface area contributed by atoms with Gasteiger partial charge in [-0.2, -0.15) is 0 Å². The third kappa shape index (κ3) is 4.88. The predicted octanol–water partition coefficient (Wildman–Crippen LogP) is 4.16. The summed E-state index contributed by atoms with van der Waals surface area (Å²) in [6.07, 6.45) is 0.523. The summed E-state index contributed by atoms with van der Waals surface area (Å²) in [5.74, 6) is -1.03. The summed E-state index contributed by atoms with van der Waals surface area (Å²) in [4.78, 5) is 27.5. The molecule has 0 radical (unpaired) electrons. The lowest BCUT2D eigenvalue weighted by Crippen LogP contribution is -2.31. The van der Waals surface area contributed by atoms with E-state index in [-0.39, 0.29) is 29.0 Å². The Labute approximate surface area is 194 Å². The van der Waals surface area contributed by atoms with E-state index in [4.69, 9.17) is 9.47 Å². The first-order chi connectivity index (χ1) is 15.6. The molecule has 2 N–H and O–H groups in total. The molecule has 2 aromatic carbocycles. The molecule has 1 unspecified atom stereocenters. The number of methoxy groups -OCH3 is 2. The van der Waals surface area contributed by atoms with E-state index in [1.54, 1.807) is 44.6 Å². The molecule has 0 spiro atoms. The van der Waals surface area contributed by atoms with E-state index in [2.05, 4.69) is 0 Å². The van der Waals surface area contributed by atoms with Gasteiger partial charge >= 0.3 is 0 Å². The number of carbonyl (C=O) groups is 2. The highest BCUT2D eigenvalue weighted by Gasteiger charge is 2.46. The van der Waals surface area contributed by atoms with Crippen LogP contribution < -0.4 is 4.74 Å². The minimum atomic E-state index is -0.825. The number of likely N-dealkylation sites (tertiary alicyclic amines) is 1. The number of hydrogen-bond acceptors (Lipinski definition) is 6. The minimum absolute atomic E-state index is 0.00644. The fourth-order valence-electron chi connectivity index (χ4n) is 4.13. The molecule has 3 rings (SSSR count). The number of ketones is 1. The molecule has 33 heavy (non-hydrogen) atoms. The average Bonchev–Trinajstić information content (AvgIpc) is 3.02. The van der Waals surface area contributed by atoms with Crippen LogP contribution in [0.25, 0.3) is 5.76 Å². The summed E-state index contributed by atoms with van der Waals surface area (Å²) >= 11 is 0. The van der Waals surface area contributed by atoms with Gasteiger partial charge in [0.05, 0.1) is 18.7 Å². The molecule has 7 nitrogen and oxygen atoms in total. The Hall–Kier alpha value is -3.32. The van der Waals surface area contributed by atoms with Crippen LogP contribution in [0.4, 0.5) is 0 Å². The van der Waals surface area contributed by atoms with Gasteiger partial charge < -0.3 is 24.6 Å². The largest absolute Gasteiger partial charge is 0.508 e. The van der Waals surface area contributed by atoms with Gasteiger partial charge in [0.2, 0.25) is 0 Å². The molecule has 1 aliphatic rings. The van der Waals surface area contributed by atoms with Crippen LogP contribution in [0.3, 0.4) is 0 Å². The molecule has 1 heterocycles. The van der Waals surface area contributed by atoms with Crippen LogP contribution >= 0.6 is 0 Å². The predicted molar refractivity (Wildman–Crippen MR) is 125 cm³/mol. The number of aliphatic hydroxyl groups is 1. The first kappa shape index (κ1) is 24.3. The molecule has 1 atom stereocenters. The molecular formula is C26H31NO6. The van der Waals surface area contributed by atoms with Crippen molar-refractivity contribution in [1.29, 1.82) is 0 Å². The van der Waals surface area contributed by atoms with Gasteiger partial charge in [0.15, 0.2) is 0 Å². The second-order valence-corrected chi connectivity index (χ2v) is 9.10. The van der Waals surface area contributed by atoms with Crippen LogP contribution in [0.15, 0.2) is 48.0 Å². The van der Waals surface area contributed by atoms with Gasteiger partial charge in [-0.15, -0.1) is 0 Å². The number of aliphatic hydroxyl groups excluding tert-OH is 1. The van der Waals surface area contributed by atoms with Gasteiger partial charge in [-0.25, -0.2) is 0 Å². The van der Waals surface area contributed by atoms with Crippen molar-refractivity contribution in [1.82, 2.24) is 4.90 Å². The summed E-state index contributed by atoms with van der Waals surface area (Å²) in [7, 11) is 3.15. The molecule has 1 amide bonds. The first-order valence-corrected chi connectivity index (χ1v) is 10.8. The van der Waals surface area contributed by atoms with Crippen molar-refractivity contribution in [3.63, 3.8) is 0 Å². The third-order valence-corrected chi connectivity index (χ3v) is 5.75. The van der Waals surface area contributed by atoms with Crippen LogP contribution in [-0.4, -0.2) is 54.2 Å². The van der Waals surface area contributed by atoms with E-state index in [1.165, 1.54) is 17.0 Å². The van der Waals surface area contributed by atoms with Crippen LogP contribution in [-0.2, 0) is 19.7 Å². The van der Waals surface area contributed by atoms with Gasteiger partial charge in [0, 0.05) is 31.4 Å². The number of benzene rings is 2. The molecule has 1 saturated heterocycles. The number of amides is 1. The number of ether oxygens (including phenoxy) is 2. The standard InChI is InChI=1S/C26H31NO6/c1-26(2,3)19-15-17(10-11-20(19)33-5)23(29)21-22(16-8-6-9-18(28)14-16)27(12-7-13-32-4)25(31)24(21)30/h6,8-11,14-15,22,28-29H,7,12-13H2,1-5H3/b23-21-. The Kier molecular flexibility index (Phi) is 7.12. The van der Waals surface area contributed by atoms with Crippen molar-refractivity contribution in [2.45, 2.75) is 38.6 Å². The van der Waals surface area contributed by atoms with Crippen LogP contribution in [0.2, 0.25) is 0 Å². The maximum absolute atomic E-state index is 13.1. The van der Waals surface area contributed by atoms with Crippen molar-refractivity contribution >= 4 is 17.4 Å². The Morgan fingerprint density at radius 3 is 2.42 bits per heavy atom. The molecular weight excluding hydrogens is 422 g/mol. The topological polar surface area (TPSA) is 96.3 Å². The normalized spacial score (nSPS) is 18.1. The van der Waals surface area contributed by atoms with Gasteiger partial charge in [0.1, 0.15) is 17.3 Å². The summed E-state index contributed by atoms with van der Waals surface area (Å²) in [5, 5.41) is 21.3. The van der Waals surface area contributed by atoms with E-state index in [1.807, 2.05) is 20.8 Å². The van der Waals surface area contributed by atoms with Crippen LogP contribution in [0.5, 0.6) is 11.5 Å². The lowest BCUT2D eigenvalue weighted by atomic mass is 9.84. The summed E-state index contributed by atoms with van der Waals surface area (Å²) in [6.45, 7) is 6.76.